The number of alkyl halides is 3. The molecule has 0 radical (unpaired) electrons. The number of ether oxygens (including phenoxy) is 11. The second kappa shape index (κ2) is 65.5. The number of carbonyl (C=O) groups excluding carboxylic acids is 5. The van der Waals surface area contributed by atoms with E-state index in [1.54, 1.807) is 42.5 Å². The van der Waals surface area contributed by atoms with Gasteiger partial charge in [-0.1, -0.05) is 184 Å². The highest BCUT2D eigenvalue weighted by Gasteiger charge is 2.42. The van der Waals surface area contributed by atoms with Crippen LogP contribution in [-0.4, -0.2) is 242 Å². The quantitative estimate of drug-likeness (QED) is 0.0304. The predicted octanol–water partition coefficient (Wildman–Crippen LogP) is 12.5. The van der Waals surface area contributed by atoms with E-state index in [1.165, 1.54) is 116 Å². The van der Waals surface area contributed by atoms with Gasteiger partial charge < -0.3 is 92.9 Å². The van der Waals surface area contributed by atoms with Gasteiger partial charge in [-0.3, -0.25) is 19.2 Å². The van der Waals surface area contributed by atoms with Crippen LogP contribution in [0.4, 0.5) is 18.9 Å². The first-order chi connectivity index (χ1) is 52.6. The first-order valence-electron chi connectivity index (χ1n) is 40.0. The number of likely N-dealkylation sites (N-methyl/N-ethyl adjacent to an activating group) is 1. The van der Waals surface area contributed by atoms with Crippen LogP contribution in [0, 0.1) is 5.41 Å². The summed E-state index contributed by atoms with van der Waals surface area (Å²) in [5.41, 5.74) is 0.467. The van der Waals surface area contributed by atoms with Gasteiger partial charge in [0.15, 0.2) is 0 Å². The Morgan fingerprint density at radius 3 is 1.31 bits per heavy atom. The van der Waals surface area contributed by atoms with Crippen LogP contribution in [0.5, 0.6) is 0 Å². The largest absolute Gasteiger partial charge is 0.542 e. The molecule has 2 atom stereocenters. The molecular formula is C80H134Cl2F3N5O19. The van der Waals surface area contributed by atoms with Crippen molar-refractivity contribution < 1.29 is 109 Å². The van der Waals surface area contributed by atoms with Crippen LogP contribution >= 0.6 is 23.2 Å². The number of anilines is 1. The van der Waals surface area contributed by atoms with Crippen molar-refractivity contribution in [3.8, 4) is 0 Å². The lowest BCUT2D eigenvalue weighted by Crippen LogP contribution is -2.49. The number of hydrogen-bond acceptors (Lipinski definition) is 18. The fourth-order valence-corrected chi connectivity index (χ4v) is 12.7. The minimum Gasteiger partial charge on any atom is -0.542 e. The Kier molecular flexibility index (Phi) is 60.3. The third kappa shape index (κ3) is 54.5. The normalized spacial score (nSPS) is 13.4. The Morgan fingerprint density at radius 2 is 0.908 bits per heavy atom. The molecule has 1 unspecified atom stereocenters. The number of halogens is 5. The molecule has 1 saturated carbocycles. The lowest BCUT2D eigenvalue weighted by atomic mass is 9.81. The van der Waals surface area contributed by atoms with Gasteiger partial charge in [-0.05, 0) is 61.9 Å². The first kappa shape index (κ1) is 100. The highest BCUT2D eigenvalue weighted by molar-refractivity contribution is 6.40. The zero-order chi connectivity index (χ0) is 79.7. The number of unbranched alkanes of at least 4 members (excludes halogenated alkanes) is 18. The van der Waals surface area contributed by atoms with E-state index in [0.29, 0.717) is 162 Å². The molecule has 2 aromatic rings. The fourth-order valence-electron chi connectivity index (χ4n) is 12.1. The molecule has 29 heteroatoms. The molecular weight excluding hydrogens is 1460 g/mol. The molecule has 3 rings (SSSR count). The number of quaternary nitrogens is 1. The third-order valence-corrected chi connectivity index (χ3v) is 19.0. The average Bonchev–Trinajstić information content (AvgIpc) is 1.75. The van der Waals surface area contributed by atoms with E-state index in [0.717, 1.165) is 62.9 Å². The van der Waals surface area contributed by atoms with Gasteiger partial charge in [-0.2, -0.15) is 13.2 Å². The molecule has 1 aliphatic rings. The summed E-state index contributed by atoms with van der Waals surface area (Å²) in [7, 11) is 4.51. The number of benzene rings is 2. The number of hydrogen-bond donors (Lipinski definition) is 5. The van der Waals surface area contributed by atoms with Crippen molar-refractivity contribution in [1.29, 1.82) is 0 Å². The van der Waals surface area contributed by atoms with Crippen LogP contribution < -0.4 is 26.4 Å². The zero-order valence-corrected chi connectivity index (χ0v) is 67.5. The topological polar surface area (TPSA) is 295 Å². The summed E-state index contributed by atoms with van der Waals surface area (Å²) in [6, 6.07) is 10.2. The molecule has 0 aliphatic heterocycles. The van der Waals surface area contributed by atoms with E-state index < -0.39 is 35.5 Å². The standard InChI is InChI=1S/C78H133Cl2N5O17.C2HF3O2/c1-5-7-9-11-13-15-17-19-21-25-43-101-65-68(102-44-26-22-20-18-16-14-12-10-8-6-2)64-85(3,4)42-28-40-81-72(86)35-45-92-47-49-94-51-53-96-55-57-98-59-61-100-62-60-99-58-56-97-54-52-95-50-48-93-46-36-73(87)82-41-39-78(37-23-24-38-78)77(91)84-71(76(89)90)63-66-31-33-67(34-32-66)83-75(88)74-69(79)29-27-30-70(74)80;3-2(4,5)1(6)7/h27,29-34,68,71H,5-26,28,35-65H2,1-4H3,(H4-,81,82,83,84,86,87,88,89,90,91);(H,6,7)/t68?,71-;/m0./s1. The molecule has 0 aromatic heterocycles. The minimum atomic E-state index is -5.19. The van der Waals surface area contributed by atoms with Crippen LogP contribution in [0.1, 0.15) is 210 Å². The van der Waals surface area contributed by atoms with E-state index in [1.807, 2.05) is 0 Å². The second-order valence-electron chi connectivity index (χ2n) is 28.2. The van der Waals surface area contributed by atoms with Gasteiger partial charge in [0, 0.05) is 57.7 Å². The monoisotopic (exact) mass is 1600 g/mol. The Balaban J connectivity index is 0.00000547. The van der Waals surface area contributed by atoms with Crippen LogP contribution in [0.15, 0.2) is 42.5 Å². The van der Waals surface area contributed by atoms with Gasteiger partial charge in [0.05, 0.1) is 167 Å². The Hall–Kier alpha value is -4.85. The summed E-state index contributed by atoms with van der Waals surface area (Å²) in [6.07, 6.45) is 25.8. The van der Waals surface area contributed by atoms with E-state index in [4.69, 9.17) is 85.2 Å². The van der Waals surface area contributed by atoms with Crippen molar-refractivity contribution in [2.75, 3.05) is 184 Å². The Morgan fingerprint density at radius 1 is 0.523 bits per heavy atom. The molecule has 1 aliphatic carbocycles. The summed E-state index contributed by atoms with van der Waals surface area (Å²) < 4.78 is 95.3. The summed E-state index contributed by atoms with van der Waals surface area (Å²) >= 11 is 12.3. The lowest BCUT2D eigenvalue weighted by molar-refractivity contribution is -0.893. The summed E-state index contributed by atoms with van der Waals surface area (Å²) in [5, 5.41) is 30.7. The smallest absolute Gasteiger partial charge is 0.430 e. The number of carboxylic acid groups (broad SMARTS) is 2. The molecule has 4 amide bonds. The Bertz CT molecular complexity index is 2630. The zero-order valence-electron chi connectivity index (χ0n) is 66.0. The van der Waals surface area contributed by atoms with Crippen molar-refractivity contribution in [3.63, 3.8) is 0 Å². The highest BCUT2D eigenvalue weighted by Crippen LogP contribution is 2.41. The molecule has 0 spiro atoms. The van der Waals surface area contributed by atoms with Gasteiger partial charge in [-0.15, -0.1) is 0 Å². The SMILES string of the molecule is CCCCCCCCCCCCOCC(C[N+](C)(C)CCCNC(=O)CCOCCOCCOCCOCCOCCOCCOCCOCCOCCC(=O)NCCC1(C(=O)N[C@@H](Cc2ccc(NC(=O)c3c(Cl)cccc3Cl)cc2)C(=O)O)CCCC1)OCCCCCCCCCCCC.O=C([O-])C(F)(F)F. The van der Waals surface area contributed by atoms with E-state index in [-0.39, 0.29) is 65.4 Å². The molecule has 1 fully saturated rings. The summed E-state index contributed by atoms with van der Waals surface area (Å²) in [6.45, 7) is 16.8. The molecule has 0 bridgehead atoms. The van der Waals surface area contributed by atoms with E-state index >= 15 is 0 Å². The highest BCUT2D eigenvalue weighted by atomic mass is 35.5. The Labute approximate surface area is 657 Å². The van der Waals surface area contributed by atoms with Crippen LogP contribution in [0.25, 0.3) is 0 Å². The van der Waals surface area contributed by atoms with Gasteiger partial charge in [-0.25, -0.2) is 4.79 Å². The van der Waals surface area contributed by atoms with Crippen LogP contribution in [0.2, 0.25) is 10.0 Å². The van der Waals surface area contributed by atoms with Gasteiger partial charge in [0.1, 0.15) is 24.7 Å². The number of carboxylic acids is 2. The number of rotatable bonds is 71. The number of carbonyl (C=O) groups is 6. The molecule has 0 heterocycles. The van der Waals surface area contributed by atoms with Crippen LogP contribution in [-0.2, 0) is 82.5 Å². The molecule has 0 saturated heterocycles. The van der Waals surface area contributed by atoms with E-state index in [2.05, 4.69) is 49.2 Å². The average molecular weight is 1600 g/mol. The van der Waals surface area contributed by atoms with Crippen molar-refractivity contribution in [2.45, 2.75) is 218 Å². The number of amides is 4. The van der Waals surface area contributed by atoms with Crippen LogP contribution in [0.3, 0.4) is 0 Å². The van der Waals surface area contributed by atoms with Crippen molar-refractivity contribution in [3.05, 3.63) is 63.6 Å². The summed E-state index contributed by atoms with van der Waals surface area (Å²) in [4.78, 5) is 72.8. The lowest BCUT2D eigenvalue weighted by Gasteiger charge is -2.33. The molecule has 5 N–H and O–H groups in total. The number of nitrogens with one attached hydrogen (secondary N) is 4. The van der Waals surface area contributed by atoms with Crippen molar-refractivity contribution >= 4 is 64.5 Å². The maximum absolute atomic E-state index is 13.7. The third-order valence-electron chi connectivity index (χ3n) is 18.3. The van der Waals surface area contributed by atoms with E-state index in [9.17, 15) is 42.3 Å². The number of aliphatic carboxylic acids is 2. The minimum absolute atomic E-state index is 0.00284. The van der Waals surface area contributed by atoms with Gasteiger partial charge >= 0.3 is 12.1 Å². The maximum atomic E-state index is 13.7. The van der Waals surface area contributed by atoms with Gasteiger partial charge in [0.25, 0.3) is 5.91 Å². The summed E-state index contributed by atoms with van der Waals surface area (Å²) in [5.74, 6) is -5.21. The molecule has 628 valence electrons. The van der Waals surface area contributed by atoms with Gasteiger partial charge in [0.2, 0.25) is 17.7 Å². The second-order valence-corrected chi connectivity index (χ2v) is 29.0. The van der Waals surface area contributed by atoms with Crippen molar-refractivity contribution in [1.82, 2.24) is 16.0 Å². The van der Waals surface area contributed by atoms with Crippen molar-refractivity contribution in [2.24, 2.45) is 5.41 Å². The number of nitrogens with zero attached hydrogens (tertiary/aromatic N) is 1. The predicted molar refractivity (Wildman–Crippen MR) is 414 cm³/mol. The first-order valence-corrected chi connectivity index (χ1v) is 40.8. The molecule has 2 aromatic carbocycles. The molecule has 109 heavy (non-hydrogen) atoms. The fraction of sp³-hybridized carbons (Fsp3) is 0.775. The maximum Gasteiger partial charge on any atom is 0.430 e. The molecule has 24 nitrogen and oxygen atoms in total.